The summed E-state index contributed by atoms with van der Waals surface area (Å²) in [6.07, 6.45) is 1.46. The molecule has 22 heavy (non-hydrogen) atoms. The van der Waals surface area contributed by atoms with Crippen LogP contribution in [0.15, 0.2) is 24.5 Å². The van der Waals surface area contributed by atoms with Crippen molar-refractivity contribution in [3.63, 3.8) is 0 Å². The van der Waals surface area contributed by atoms with Gasteiger partial charge < -0.3 is 9.64 Å². The van der Waals surface area contributed by atoms with E-state index in [1.807, 2.05) is 33.9 Å². The fourth-order valence-corrected chi connectivity index (χ4v) is 2.19. The Morgan fingerprint density at radius 2 is 2.00 bits per heavy atom. The molecule has 0 spiro atoms. The van der Waals surface area contributed by atoms with E-state index in [1.165, 1.54) is 6.33 Å². The van der Waals surface area contributed by atoms with Crippen molar-refractivity contribution in [2.24, 2.45) is 0 Å². The van der Waals surface area contributed by atoms with E-state index in [1.54, 1.807) is 24.0 Å². The number of rotatable bonds is 3. The van der Waals surface area contributed by atoms with Gasteiger partial charge in [-0.05, 0) is 45.9 Å². The van der Waals surface area contributed by atoms with Gasteiger partial charge in [0.05, 0.1) is 5.52 Å². The summed E-state index contributed by atoms with van der Waals surface area (Å²) in [5.41, 5.74) is 0.216. The van der Waals surface area contributed by atoms with Gasteiger partial charge in [0.15, 0.2) is 0 Å². The van der Waals surface area contributed by atoms with Crippen LogP contribution in [0.5, 0.6) is 0 Å². The lowest BCUT2D eigenvalue weighted by atomic mass is 10.1. The summed E-state index contributed by atoms with van der Waals surface area (Å²) in [7, 11) is 1.81. The van der Waals surface area contributed by atoms with E-state index in [0.29, 0.717) is 10.8 Å². The summed E-state index contributed by atoms with van der Waals surface area (Å²) in [6, 6.07) is 4.94. The van der Waals surface area contributed by atoms with Gasteiger partial charge in [0.1, 0.15) is 23.8 Å². The molecule has 6 heteroatoms. The van der Waals surface area contributed by atoms with E-state index >= 15 is 0 Å². The van der Waals surface area contributed by atoms with Gasteiger partial charge in [-0.25, -0.2) is 14.8 Å². The van der Waals surface area contributed by atoms with E-state index in [0.717, 1.165) is 10.9 Å². The molecule has 0 saturated heterocycles. The molecule has 2 rings (SSSR count). The topological polar surface area (TPSA) is 55.3 Å². The molecule has 1 atom stereocenters. The van der Waals surface area contributed by atoms with Gasteiger partial charge in [0, 0.05) is 17.5 Å². The van der Waals surface area contributed by atoms with Crippen LogP contribution in [0.25, 0.3) is 10.9 Å². The third kappa shape index (κ3) is 3.65. The van der Waals surface area contributed by atoms with Crippen LogP contribution in [0.4, 0.5) is 5.82 Å². The molecule has 0 fully saturated rings. The van der Waals surface area contributed by atoms with E-state index in [4.69, 9.17) is 16.3 Å². The number of hydrogen-bond acceptors (Lipinski definition) is 5. The number of aromatic nitrogens is 2. The molecule has 5 nitrogen and oxygen atoms in total. The minimum atomic E-state index is -0.520. The second kappa shape index (κ2) is 6.08. The average Bonchev–Trinajstić information content (AvgIpc) is 2.42. The van der Waals surface area contributed by atoms with E-state index in [-0.39, 0.29) is 5.97 Å². The largest absolute Gasteiger partial charge is 0.458 e. The van der Waals surface area contributed by atoms with E-state index < -0.39 is 11.6 Å². The molecule has 2 aromatic rings. The third-order valence-corrected chi connectivity index (χ3v) is 3.48. The highest BCUT2D eigenvalue weighted by atomic mass is 35.5. The Labute approximate surface area is 135 Å². The SMILES string of the molecule is CC(C(=O)OC(C)(C)C)N(C)c1ncnc2cc(Cl)ccc12. The minimum Gasteiger partial charge on any atom is -0.458 e. The van der Waals surface area contributed by atoms with Crippen molar-refractivity contribution in [3.05, 3.63) is 29.5 Å². The van der Waals surface area contributed by atoms with Crippen molar-refractivity contribution in [2.45, 2.75) is 39.3 Å². The highest BCUT2D eigenvalue weighted by molar-refractivity contribution is 6.31. The predicted molar refractivity (Wildman–Crippen MR) is 88.3 cm³/mol. The quantitative estimate of drug-likeness (QED) is 0.810. The fraction of sp³-hybridized carbons (Fsp3) is 0.438. The molecular formula is C16H20ClN3O2. The molecule has 118 valence electrons. The Bertz CT molecular complexity index is 697. The monoisotopic (exact) mass is 321 g/mol. The molecule has 0 aliphatic carbocycles. The number of esters is 1. The van der Waals surface area contributed by atoms with Gasteiger partial charge in [-0.3, -0.25) is 0 Å². The maximum Gasteiger partial charge on any atom is 0.329 e. The van der Waals surface area contributed by atoms with Crippen LogP contribution in [0.2, 0.25) is 5.02 Å². The van der Waals surface area contributed by atoms with Crippen LogP contribution in [0.3, 0.4) is 0 Å². The predicted octanol–water partition coefficient (Wildman–Crippen LogP) is 3.45. The highest BCUT2D eigenvalue weighted by Gasteiger charge is 2.26. The Hall–Kier alpha value is -1.88. The number of benzene rings is 1. The number of ether oxygens (including phenoxy) is 1. The molecule has 1 aromatic heterocycles. The van der Waals surface area contributed by atoms with Crippen LogP contribution in [-0.2, 0) is 9.53 Å². The summed E-state index contributed by atoms with van der Waals surface area (Å²) in [4.78, 5) is 22.5. The maximum atomic E-state index is 12.2. The Morgan fingerprint density at radius 1 is 1.32 bits per heavy atom. The van der Waals surface area contributed by atoms with Gasteiger partial charge in [0.2, 0.25) is 0 Å². The first kappa shape index (κ1) is 16.5. The third-order valence-electron chi connectivity index (χ3n) is 3.24. The molecular weight excluding hydrogens is 302 g/mol. The molecule has 0 aliphatic rings. The van der Waals surface area contributed by atoms with Crippen molar-refractivity contribution in [1.29, 1.82) is 0 Å². The molecule has 0 radical (unpaired) electrons. The summed E-state index contributed by atoms with van der Waals surface area (Å²) in [5.74, 6) is 0.371. The minimum absolute atomic E-state index is 0.296. The number of hydrogen-bond donors (Lipinski definition) is 0. The normalized spacial score (nSPS) is 13.0. The summed E-state index contributed by atoms with van der Waals surface area (Å²) in [5, 5.41) is 1.45. The van der Waals surface area contributed by atoms with Gasteiger partial charge in [-0.1, -0.05) is 11.6 Å². The highest BCUT2D eigenvalue weighted by Crippen LogP contribution is 2.26. The first-order chi connectivity index (χ1) is 10.2. The van der Waals surface area contributed by atoms with Crippen molar-refractivity contribution < 1.29 is 9.53 Å². The second-order valence-corrected chi connectivity index (χ2v) is 6.62. The number of halogens is 1. The molecule has 0 amide bonds. The van der Waals surface area contributed by atoms with Crippen molar-refractivity contribution >= 4 is 34.3 Å². The Morgan fingerprint density at radius 3 is 2.64 bits per heavy atom. The molecule has 0 aliphatic heterocycles. The van der Waals surface area contributed by atoms with Crippen LogP contribution < -0.4 is 4.90 Å². The van der Waals surface area contributed by atoms with Crippen LogP contribution >= 0.6 is 11.6 Å². The molecule has 1 aromatic carbocycles. The van der Waals surface area contributed by atoms with Crippen molar-refractivity contribution in [2.75, 3.05) is 11.9 Å². The zero-order valence-electron chi connectivity index (χ0n) is 13.4. The zero-order valence-corrected chi connectivity index (χ0v) is 14.2. The second-order valence-electron chi connectivity index (χ2n) is 6.18. The number of fused-ring (bicyclic) bond motifs is 1. The van der Waals surface area contributed by atoms with Gasteiger partial charge in [0.25, 0.3) is 0 Å². The van der Waals surface area contributed by atoms with Gasteiger partial charge >= 0.3 is 5.97 Å². The summed E-state index contributed by atoms with van der Waals surface area (Å²) < 4.78 is 5.43. The lowest BCUT2D eigenvalue weighted by Gasteiger charge is -2.28. The molecule has 1 unspecified atom stereocenters. The lowest BCUT2D eigenvalue weighted by molar-refractivity contribution is -0.156. The Balaban J connectivity index is 2.33. The number of carbonyl (C=O) groups excluding carboxylic acids is 1. The lowest BCUT2D eigenvalue weighted by Crippen LogP contribution is -2.41. The maximum absolute atomic E-state index is 12.2. The number of likely N-dealkylation sites (N-methyl/N-ethyl adjacent to an activating group) is 1. The van der Waals surface area contributed by atoms with Gasteiger partial charge in [-0.15, -0.1) is 0 Å². The van der Waals surface area contributed by atoms with Crippen LogP contribution in [-0.4, -0.2) is 34.6 Å². The van der Waals surface area contributed by atoms with Crippen molar-refractivity contribution in [1.82, 2.24) is 9.97 Å². The summed E-state index contributed by atoms with van der Waals surface area (Å²) in [6.45, 7) is 7.33. The number of carbonyl (C=O) groups is 1. The number of nitrogens with zero attached hydrogens (tertiary/aromatic N) is 3. The smallest absolute Gasteiger partial charge is 0.329 e. The molecule has 1 heterocycles. The summed E-state index contributed by atoms with van der Waals surface area (Å²) >= 11 is 5.99. The standard InChI is InChI=1S/C16H20ClN3O2/c1-10(15(21)22-16(2,3)4)20(5)14-12-7-6-11(17)8-13(12)18-9-19-14/h6-10H,1-5H3. The zero-order chi connectivity index (χ0) is 16.5. The molecule has 0 bridgehead atoms. The molecule has 0 saturated carbocycles. The van der Waals surface area contributed by atoms with Gasteiger partial charge in [-0.2, -0.15) is 0 Å². The van der Waals surface area contributed by atoms with E-state index in [2.05, 4.69) is 9.97 Å². The average molecular weight is 322 g/mol. The molecule has 0 N–H and O–H groups in total. The fourth-order valence-electron chi connectivity index (χ4n) is 2.03. The van der Waals surface area contributed by atoms with Crippen LogP contribution in [0, 0.1) is 0 Å². The first-order valence-corrected chi connectivity index (χ1v) is 7.43. The number of anilines is 1. The Kier molecular flexibility index (Phi) is 4.56. The van der Waals surface area contributed by atoms with E-state index in [9.17, 15) is 4.79 Å². The van der Waals surface area contributed by atoms with Crippen LogP contribution in [0.1, 0.15) is 27.7 Å². The first-order valence-electron chi connectivity index (χ1n) is 7.05. The van der Waals surface area contributed by atoms with Crippen molar-refractivity contribution in [3.8, 4) is 0 Å².